The van der Waals surface area contributed by atoms with Crippen molar-refractivity contribution in [3.63, 3.8) is 0 Å². The summed E-state index contributed by atoms with van der Waals surface area (Å²) in [5, 5.41) is 0.546. The molecule has 0 N–H and O–H groups in total. The molecule has 0 spiro atoms. The number of carbonyl (C=O) groups excluding carboxylic acids is 2. The van der Waals surface area contributed by atoms with Crippen LogP contribution in [0.5, 0.6) is 0 Å². The van der Waals surface area contributed by atoms with E-state index in [2.05, 4.69) is 0 Å². The van der Waals surface area contributed by atoms with E-state index >= 15 is 0 Å². The zero-order chi connectivity index (χ0) is 17.1. The van der Waals surface area contributed by atoms with E-state index in [1.54, 1.807) is 24.3 Å². The van der Waals surface area contributed by atoms with Gasteiger partial charge in [0.05, 0.1) is 5.56 Å². The van der Waals surface area contributed by atoms with Crippen molar-refractivity contribution in [2.45, 2.75) is 0 Å². The van der Waals surface area contributed by atoms with Crippen LogP contribution < -0.4 is 5.63 Å². The molecule has 0 amide bonds. The summed E-state index contributed by atoms with van der Waals surface area (Å²) < 4.78 is 23.3. The smallest absolute Gasteiger partial charge is 0.351 e. The van der Waals surface area contributed by atoms with Gasteiger partial charge in [0.1, 0.15) is 17.0 Å². The molecule has 0 saturated carbocycles. The van der Waals surface area contributed by atoms with Gasteiger partial charge in [0.2, 0.25) is 5.78 Å². The molecule has 0 atom stereocenters. The lowest BCUT2D eigenvalue weighted by Gasteiger charge is -2.05. The van der Waals surface area contributed by atoms with E-state index in [1.165, 1.54) is 24.3 Å². The molecule has 3 rings (SSSR count). The van der Waals surface area contributed by atoms with Crippen molar-refractivity contribution in [2.75, 3.05) is 6.61 Å². The lowest BCUT2D eigenvalue weighted by Crippen LogP contribution is -2.20. The Balaban J connectivity index is 1.78. The van der Waals surface area contributed by atoms with Gasteiger partial charge in [0.25, 0.3) is 0 Å². The Kier molecular flexibility index (Phi) is 4.20. The summed E-state index contributed by atoms with van der Waals surface area (Å²) in [5.74, 6) is -2.41. The van der Waals surface area contributed by atoms with Gasteiger partial charge in [0.15, 0.2) is 6.61 Å². The number of Topliss-reactive ketones (excluding diaryl/α,β-unsaturated/α-hetero) is 1. The summed E-state index contributed by atoms with van der Waals surface area (Å²) in [6.07, 6.45) is 0. The SMILES string of the molecule is O=C(COC(=O)c1cc2ccccc2oc1=O)c1ccccc1F. The second kappa shape index (κ2) is 6.45. The molecule has 0 fully saturated rings. The Morgan fingerprint density at radius 1 is 1.00 bits per heavy atom. The van der Waals surface area contributed by atoms with Gasteiger partial charge in [0, 0.05) is 5.39 Å². The number of halogens is 1. The predicted octanol–water partition coefficient (Wildman–Crippen LogP) is 2.97. The van der Waals surface area contributed by atoms with Crippen molar-refractivity contribution >= 4 is 22.7 Å². The lowest BCUT2D eigenvalue weighted by molar-refractivity contribution is 0.0469. The molecule has 1 heterocycles. The van der Waals surface area contributed by atoms with Crippen molar-refractivity contribution in [3.8, 4) is 0 Å². The third-order valence-corrected chi connectivity index (χ3v) is 3.37. The first-order valence-corrected chi connectivity index (χ1v) is 7.04. The monoisotopic (exact) mass is 326 g/mol. The number of hydrogen-bond acceptors (Lipinski definition) is 5. The molecule has 0 radical (unpaired) electrons. The largest absolute Gasteiger partial charge is 0.453 e. The van der Waals surface area contributed by atoms with Crippen LogP contribution in [0.3, 0.4) is 0 Å². The third-order valence-electron chi connectivity index (χ3n) is 3.37. The molecule has 0 saturated heterocycles. The second-order valence-corrected chi connectivity index (χ2v) is 4.96. The molecule has 0 aliphatic heterocycles. The van der Waals surface area contributed by atoms with Gasteiger partial charge in [-0.1, -0.05) is 30.3 Å². The molecule has 1 aromatic heterocycles. The minimum Gasteiger partial charge on any atom is -0.453 e. The van der Waals surface area contributed by atoms with Gasteiger partial charge in [-0.25, -0.2) is 14.0 Å². The van der Waals surface area contributed by atoms with Gasteiger partial charge < -0.3 is 9.15 Å². The highest BCUT2D eigenvalue weighted by atomic mass is 19.1. The molecule has 0 bridgehead atoms. The Hall–Kier alpha value is -3.28. The molecule has 24 heavy (non-hydrogen) atoms. The summed E-state index contributed by atoms with van der Waals surface area (Å²) in [6.45, 7) is -0.675. The van der Waals surface area contributed by atoms with Crippen molar-refractivity contribution in [1.29, 1.82) is 0 Å². The highest BCUT2D eigenvalue weighted by Crippen LogP contribution is 2.13. The predicted molar refractivity (Wildman–Crippen MR) is 83.5 cm³/mol. The molecular weight excluding hydrogens is 315 g/mol. The van der Waals surface area contributed by atoms with E-state index in [-0.39, 0.29) is 11.1 Å². The quantitative estimate of drug-likeness (QED) is 0.419. The maximum Gasteiger partial charge on any atom is 0.351 e. The van der Waals surface area contributed by atoms with E-state index in [9.17, 15) is 18.8 Å². The highest BCUT2D eigenvalue weighted by molar-refractivity contribution is 6.00. The topological polar surface area (TPSA) is 73.6 Å². The van der Waals surface area contributed by atoms with Gasteiger partial charge in [-0.05, 0) is 24.3 Å². The maximum atomic E-state index is 13.5. The zero-order valence-electron chi connectivity index (χ0n) is 12.3. The van der Waals surface area contributed by atoms with Crippen LogP contribution >= 0.6 is 0 Å². The first-order chi connectivity index (χ1) is 11.6. The van der Waals surface area contributed by atoms with Gasteiger partial charge in [-0.3, -0.25) is 4.79 Å². The van der Waals surface area contributed by atoms with Crippen LogP contribution in [0.4, 0.5) is 4.39 Å². The second-order valence-electron chi connectivity index (χ2n) is 4.96. The van der Waals surface area contributed by atoms with E-state index in [0.29, 0.717) is 11.0 Å². The molecule has 0 aliphatic carbocycles. The molecule has 2 aromatic carbocycles. The fourth-order valence-corrected chi connectivity index (χ4v) is 2.18. The minimum absolute atomic E-state index is 0.184. The summed E-state index contributed by atoms with van der Waals surface area (Å²) in [7, 11) is 0. The van der Waals surface area contributed by atoms with E-state index in [0.717, 1.165) is 6.07 Å². The lowest BCUT2D eigenvalue weighted by atomic mass is 10.1. The van der Waals surface area contributed by atoms with E-state index in [1.807, 2.05) is 0 Å². The Morgan fingerprint density at radius 3 is 2.50 bits per heavy atom. The van der Waals surface area contributed by atoms with Crippen LogP contribution in [0.2, 0.25) is 0 Å². The Bertz CT molecular complexity index is 990. The zero-order valence-corrected chi connectivity index (χ0v) is 12.3. The van der Waals surface area contributed by atoms with Crippen molar-refractivity contribution < 1.29 is 23.1 Å². The molecule has 6 heteroatoms. The Morgan fingerprint density at radius 2 is 1.71 bits per heavy atom. The number of benzene rings is 2. The number of ketones is 1. The maximum absolute atomic E-state index is 13.5. The number of esters is 1. The van der Waals surface area contributed by atoms with Crippen LogP contribution in [0.25, 0.3) is 11.0 Å². The van der Waals surface area contributed by atoms with Gasteiger partial charge in [-0.15, -0.1) is 0 Å². The fraction of sp³-hybridized carbons (Fsp3) is 0.0556. The molecule has 0 unspecified atom stereocenters. The van der Waals surface area contributed by atoms with Crippen LogP contribution in [0.1, 0.15) is 20.7 Å². The average Bonchev–Trinajstić information content (AvgIpc) is 2.59. The first kappa shape index (κ1) is 15.6. The number of para-hydroxylation sites is 1. The Labute approximate surface area is 135 Å². The van der Waals surface area contributed by atoms with E-state index < -0.39 is 29.8 Å². The molecule has 3 aromatic rings. The van der Waals surface area contributed by atoms with Crippen LogP contribution in [0.15, 0.2) is 63.8 Å². The minimum atomic E-state index is -1.00. The number of hydrogen-bond donors (Lipinski definition) is 0. The summed E-state index contributed by atoms with van der Waals surface area (Å²) >= 11 is 0. The average molecular weight is 326 g/mol. The number of rotatable bonds is 4. The molecule has 5 nitrogen and oxygen atoms in total. The molecule has 120 valence electrons. The van der Waals surface area contributed by atoms with Crippen LogP contribution in [0, 0.1) is 5.82 Å². The fourth-order valence-electron chi connectivity index (χ4n) is 2.18. The van der Waals surface area contributed by atoms with Gasteiger partial charge in [-0.2, -0.15) is 0 Å². The molecular formula is C18H11FO5. The number of carbonyl (C=O) groups is 2. The van der Waals surface area contributed by atoms with Crippen molar-refractivity contribution in [1.82, 2.24) is 0 Å². The summed E-state index contributed by atoms with van der Waals surface area (Å²) in [5.41, 5.74) is -1.04. The highest BCUT2D eigenvalue weighted by Gasteiger charge is 2.18. The van der Waals surface area contributed by atoms with Crippen LogP contribution in [-0.2, 0) is 4.74 Å². The number of fused-ring (bicyclic) bond motifs is 1. The molecule has 0 aliphatic rings. The van der Waals surface area contributed by atoms with Gasteiger partial charge >= 0.3 is 11.6 Å². The third kappa shape index (κ3) is 3.08. The van der Waals surface area contributed by atoms with Crippen LogP contribution in [-0.4, -0.2) is 18.4 Å². The summed E-state index contributed by atoms with van der Waals surface area (Å²) in [6, 6.07) is 13.4. The van der Waals surface area contributed by atoms with Crippen molar-refractivity contribution in [3.05, 3.63) is 82.0 Å². The standard InChI is InChI=1S/C18H11FO5/c19-14-7-3-2-6-12(14)15(20)10-23-17(21)13-9-11-5-1-4-8-16(11)24-18(13)22/h1-9H,10H2. The summed E-state index contributed by atoms with van der Waals surface area (Å²) in [4.78, 5) is 35.7. The van der Waals surface area contributed by atoms with E-state index in [4.69, 9.17) is 9.15 Å². The van der Waals surface area contributed by atoms with Crippen molar-refractivity contribution in [2.24, 2.45) is 0 Å². The normalized spacial score (nSPS) is 10.5. The first-order valence-electron chi connectivity index (χ1n) is 7.04. The number of ether oxygens (including phenoxy) is 1.